The number of nitrogens with one attached hydrogen (secondary N) is 1. The molecule has 0 aliphatic rings. The van der Waals surface area contributed by atoms with Crippen LogP contribution < -0.4 is 5.32 Å². The molecular weight excluding hydrogens is 316 g/mol. The summed E-state index contributed by atoms with van der Waals surface area (Å²) in [6.45, 7) is 2.71. The predicted molar refractivity (Wildman–Crippen MR) is 88.3 cm³/mol. The van der Waals surface area contributed by atoms with Crippen molar-refractivity contribution in [2.75, 3.05) is 5.32 Å². The highest BCUT2D eigenvalue weighted by molar-refractivity contribution is 7.11. The number of nitrogens with zero attached hydrogens (tertiary/aromatic N) is 5. The van der Waals surface area contributed by atoms with Crippen LogP contribution in [0.2, 0.25) is 0 Å². The number of rotatable bonds is 4. The second-order valence-corrected chi connectivity index (χ2v) is 6.84. The Morgan fingerprint density at radius 3 is 2.95 bits per heavy atom. The van der Waals surface area contributed by atoms with E-state index >= 15 is 0 Å². The third kappa shape index (κ3) is 2.46. The van der Waals surface area contributed by atoms with E-state index in [2.05, 4.69) is 32.5 Å². The molecule has 4 aromatic rings. The van der Waals surface area contributed by atoms with Gasteiger partial charge >= 0.3 is 0 Å². The van der Waals surface area contributed by atoms with E-state index in [0.29, 0.717) is 6.54 Å². The Bertz CT molecular complexity index is 909. The minimum absolute atomic E-state index is 0.660. The number of aryl methyl sites for hydroxylation is 1. The van der Waals surface area contributed by atoms with E-state index in [0.717, 1.165) is 27.9 Å². The van der Waals surface area contributed by atoms with Gasteiger partial charge < -0.3 is 5.32 Å². The van der Waals surface area contributed by atoms with Crippen LogP contribution in [0, 0.1) is 6.92 Å². The number of thiophene rings is 1. The van der Waals surface area contributed by atoms with Crippen molar-refractivity contribution in [2.45, 2.75) is 13.5 Å². The van der Waals surface area contributed by atoms with Crippen molar-refractivity contribution in [1.82, 2.24) is 24.8 Å². The molecule has 1 N–H and O–H groups in total. The van der Waals surface area contributed by atoms with Crippen LogP contribution in [0.25, 0.3) is 17.0 Å². The number of anilines is 1. The van der Waals surface area contributed by atoms with Gasteiger partial charge in [-0.15, -0.1) is 26.6 Å². The van der Waals surface area contributed by atoms with Gasteiger partial charge in [-0.05, 0) is 30.5 Å². The molecule has 0 atom stereocenters. The number of hydrogen-bond donors (Lipinski definition) is 1. The standard InChI is InChI=1S/C14H12N6S2/c1-9-6-16-13(22-9)7-15-11-2-3-12-17-18-14(20(12)19-11)10-4-5-21-8-10/h2-6,8H,7H2,1H3,(H,15,19). The molecule has 8 heteroatoms. The first-order chi connectivity index (χ1) is 10.8. The molecule has 0 fully saturated rings. The lowest BCUT2D eigenvalue weighted by molar-refractivity contribution is 0.924. The topological polar surface area (TPSA) is 68.0 Å². The van der Waals surface area contributed by atoms with E-state index < -0.39 is 0 Å². The van der Waals surface area contributed by atoms with Crippen LogP contribution in [0.3, 0.4) is 0 Å². The van der Waals surface area contributed by atoms with Crippen LogP contribution in [0.4, 0.5) is 5.82 Å². The van der Waals surface area contributed by atoms with Crippen molar-refractivity contribution < 1.29 is 0 Å². The third-order valence-corrected chi connectivity index (χ3v) is 4.73. The Kier molecular flexibility index (Phi) is 3.32. The van der Waals surface area contributed by atoms with Crippen molar-refractivity contribution in [3.63, 3.8) is 0 Å². The average Bonchev–Trinajstić information content (AvgIpc) is 3.24. The fourth-order valence-corrected chi connectivity index (χ4v) is 3.47. The molecule has 0 bridgehead atoms. The average molecular weight is 328 g/mol. The van der Waals surface area contributed by atoms with Crippen molar-refractivity contribution in [3.8, 4) is 11.4 Å². The molecule has 4 aromatic heterocycles. The Morgan fingerprint density at radius 1 is 1.23 bits per heavy atom. The van der Waals surface area contributed by atoms with Crippen LogP contribution in [-0.4, -0.2) is 24.8 Å². The summed E-state index contributed by atoms with van der Waals surface area (Å²) in [5.41, 5.74) is 1.76. The Hall–Kier alpha value is -2.32. The maximum Gasteiger partial charge on any atom is 0.186 e. The highest BCUT2D eigenvalue weighted by atomic mass is 32.1. The van der Waals surface area contributed by atoms with Crippen molar-refractivity contribution >= 4 is 34.1 Å². The first-order valence-electron chi connectivity index (χ1n) is 6.70. The van der Waals surface area contributed by atoms with Crippen LogP contribution in [0.15, 0.2) is 35.2 Å². The molecule has 4 rings (SSSR count). The van der Waals surface area contributed by atoms with Gasteiger partial charge in [-0.2, -0.15) is 15.9 Å². The van der Waals surface area contributed by atoms with E-state index in [9.17, 15) is 0 Å². The van der Waals surface area contributed by atoms with Crippen LogP contribution >= 0.6 is 22.7 Å². The monoisotopic (exact) mass is 328 g/mol. The maximum absolute atomic E-state index is 4.58. The largest absolute Gasteiger partial charge is 0.362 e. The SMILES string of the molecule is Cc1cnc(CNc2ccc3nnc(-c4ccsc4)n3n2)s1. The summed E-state index contributed by atoms with van der Waals surface area (Å²) in [5.74, 6) is 1.53. The molecule has 22 heavy (non-hydrogen) atoms. The second-order valence-electron chi connectivity index (χ2n) is 4.74. The molecule has 6 nitrogen and oxygen atoms in total. The van der Waals surface area contributed by atoms with Gasteiger partial charge in [0.2, 0.25) is 0 Å². The zero-order chi connectivity index (χ0) is 14.9. The van der Waals surface area contributed by atoms with E-state index in [-0.39, 0.29) is 0 Å². The van der Waals surface area contributed by atoms with E-state index in [1.54, 1.807) is 27.2 Å². The highest BCUT2D eigenvalue weighted by Gasteiger charge is 2.10. The van der Waals surface area contributed by atoms with Gasteiger partial charge in [-0.1, -0.05) is 0 Å². The fraction of sp³-hybridized carbons (Fsp3) is 0.143. The summed E-state index contributed by atoms with van der Waals surface area (Å²) in [4.78, 5) is 5.55. The summed E-state index contributed by atoms with van der Waals surface area (Å²) in [6, 6.07) is 5.83. The fourth-order valence-electron chi connectivity index (χ4n) is 2.10. The van der Waals surface area contributed by atoms with E-state index in [1.807, 2.05) is 35.2 Å². The van der Waals surface area contributed by atoms with Gasteiger partial charge in [0.15, 0.2) is 11.5 Å². The molecule has 0 spiro atoms. The lowest BCUT2D eigenvalue weighted by atomic mass is 10.3. The smallest absolute Gasteiger partial charge is 0.186 e. The van der Waals surface area contributed by atoms with Gasteiger partial charge in [0, 0.05) is 22.0 Å². The molecule has 0 saturated carbocycles. The quantitative estimate of drug-likeness (QED) is 0.623. The zero-order valence-electron chi connectivity index (χ0n) is 11.7. The Balaban J connectivity index is 1.63. The molecule has 4 heterocycles. The molecule has 110 valence electrons. The first kappa shape index (κ1) is 13.4. The molecular formula is C14H12N6S2. The summed E-state index contributed by atoms with van der Waals surface area (Å²) in [5, 5.41) is 21.3. The molecule has 0 radical (unpaired) electrons. The van der Waals surface area contributed by atoms with Gasteiger partial charge in [0.25, 0.3) is 0 Å². The van der Waals surface area contributed by atoms with Gasteiger partial charge in [0.1, 0.15) is 10.8 Å². The summed E-state index contributed by atoms with van der Waals surface area (Å²) in [7, 11) is 0. The van der Waals surface area contributed by atoms with Gasteiger partial charge in [0.05, 0.1) is 6.54 Å². The summed E-state index contributed by atoms with van der Waals surface area (Å²) in [6.07, 6.45) is 1.88. The normalized spacial score (nSPS) is 11.1. The molecule has 0 aromatic carbocycles. The van der Waals surface area contributed by atoms with Crippen LogP contribution in [0.5, 0.6) is 0 Å². The molecule has 0 unspecified atom stereocenters. The lowest BCUT2D eigenvalue weighted by Crippen LogP contribution is -2.04. The predicted octanol–water partition coefficient (Wildman–Crippen LogP) is 3.23. The molecule has 0 saturated heterocycles. The highest BCUT2D eigenvalue weighted by Crippen LogP contribution is 2.21. The van der Waals surface area contributed by atoms with E-state index in [1.165, 1.54) is 4.88 Å². The minimum Gasteiger partial charge on any atom is -0.362 e. The van der Waals surface area contributed by atoms with Crippen LogP contribution in [-0.2, 0) is 6.54 Å². The summed E-state index contributed by atoms with van der Waals surface area (Å²) >= 11 is 3.31. The minimum atomic E-state index is 0.660. The van der Waals surface area contributed by atoms with Crippen molar-refractivity contribution in [1.29, 1.82) is 0 Å². The van der Waals surface area contributed by atoms with Gasteiger partial charge in [-0.25, -0.2) is 4.98 Å². The number of hydrogen-bond acceptors (Lipinski definition) is 7. The summed E-state index contributed by atoms with van der Waals surface area (Å²) < 4.78 is 1.76. The Morgan fingerprint density at radius 2 is 2.18 bits per heavy atom. The number of fused-ring (bicyclic) bond motifs is 1. The van der Waals surface area contributed by atoms with E-state index in [4.69, 9.17) is 0 Å². The third-order valence-electron chi connectivity index (χ3n) is 3.13. The first-order valence-corrected chi connectivity index (χ1v) is 8.46. The number of aromatic nitrogens is 5. The van der Waals surface area contributed by atoms with Crippen molar-refractivity contribution in [3.05, 3.63) is 45.0 Å². The number of thiazole rings is 1. The Labute approximate surface area is 134 Å². The second kappa shape index (κ2) is 5.47. The zero-order valence-corrected chi connectivity index (χ0v) is 13.4. The maximum atomic E-state index is 4.58. The van der Waals surface area contributed by atoms with Crippen LogP contribution in [0.1, 0.15) is 9.88 Å². The van der Waals surface area contributed by atoms with Gasteiger partial charge in [-0.3, -0.25) is 0 Å². The van der Waals surface area contributed by atoms with Crippen molar-refractivity contribution in [2.24, 2.45) is 0 Å². The lowest BCUT2D eigenvalue weighted by Gasteiger charge is -2.04. The molecule has 0 aliphatic heterocycles. The molecule has 0 aliphatic carbocycles. The molecule has 0 amide bonds.